The van der Waals surface area contributed by atoms with Gasteiger partial charge in [0.15, 0.2) is 11.5 Å². The fourth-order valence-electron chi connectivity index (χ4n) is 3.44. The molecular formula is C20H25N5O2. The molecule has 0 aromatic carbocycles. The second-order valence-corrected chi connectivity index (χ2v) is 6.69. The Morgan fingerprint density at radius 1 is 1.19 bits per heavy atom. The number of ether oxygens (including phenoxy) is 2. The Kier molecular flexibility index (Phi) is 5.39. The van der Waals surface area contributed by atoms with E-state index >= 15 is 0 Å². The van der Waals surface area contributed by atoms with E-state index in [2.05, 4.69) is 25.2 Å². The Labute approximate surface area is 158 Å². The molecule has 3 aromatic heterocycles. The third-order valence-corrected chi connectivity index (χ3v) is 4.85. The zero-order valence-corrected chi connectivity index (χ0v) is 15.6. The van der Waals surface area contributed by atoms with Crippen LogP contribution in [-0.4, -0.2) is 53.2 Å². The van der Waals surface area contributed by atoms with Gasteiger partial charge in [-0.05, 0) is 44.5 Å². The molecule has 3 aromatic rings. The fourth-order valence-corrected chi connectivity index (χ4v) is 3.44. The van der Waals surface area contributed by atoms with Gasteiger partial charge in [0, 0.05) is 30.4 Å². The summed E-state index contributed by atoms with van der Waals surface area (Å²) in [6.07, 6.45) is 8.96. The maximum Gasteiger partial charge on any atom is 0.179 e. The third kappa shape index (κ3) is 4.14. The Morgan fingerprint density at radius 2 is 2.07 bits per heavy atom. The second-order valence-electron chi connectivity index (χ2n) is 6.69. The maximum atomic E-state index is 5.99. The first-order valence-corrected chi connectivity index (χ1v) is 9.42. The summed E-state index contributed by atoms with van der Waals surface area (Å²) in [4.78, 5) is 14.3. The van der Waals surface area contributed by atoms with E-state index in [0.717, 1.165) is 29.7 Å². The first-order valence-electron chi connectivity index (χ1n) is 9.42. The molecule has 2 N–H and O–H groups in total. The average Bonchev–Trinajstić information content (AvgIpc) is 3.37. The number of aromatic amines is 1. The van der Waals surface area contributed by atoms with E-state index in [1.54, 1.807) is 19.5 Å². The first-order chi connectivity index (χ1) is 13.3. The van der Waals surface area contributed by atoms with Crippen LogP contribution in [-0.2, 0) is 0 Å². The molecule has 0 bridgehead atoms. The number of methoxy groups -OCH3 is 1. The van der Waals surface area contributed by atoms with Crippen LogP contribution in [0.5, 0.6) is 11.5 Å². The topological polar surface area (TPSA) is 75.3 Å². The fraction of sp³-hybridized carbons (Fsp3) is 0.400. The molecule has 0 radical (unpaired) electrons. The van der Waals surface area contributed by atoms with Crippen LogP contribution in [0, 0.1) is 0 Å². The molecule has 1 saturated heterocycles. The quantitative estimate of drug-likeness (QED) is 0.593. The molecule has 27 heavy (non-hydrogen) atoms. The van der Waals surface area contributed by atoms with Crippen LogP contribution in [0.3, 0.4) is 0 Å². The summed E-state index contributed by atoms with van der Waals surface area (Å²) in [6, 6.07) is 5.80. The van der Waals surface area contributed by atoms with E-state index in [9.17, 15) is 0 Å². The summed E-state index contributed by atoms with van der Waals surface area (Å²) in [7, 11) is 1.63. The Morgan fingerprint density at radius 3 is 2.93 bits per heavy atom. The van der Waals surface area contributed by atoms with Crippen LogP contribution < -0.4 is 14.8 Å². The molecule has 1 aliphatic heterocycles. The maximum absolute atomic E-state index is 5.99. The van der Waals surface area contributed by atoms with Gasteiger partial charge in [0.2, 0.25) is 0 Å². The van der Waals surface area contributed by atoms with Gasteiger partial charge in [0.1, 0.15) is 11.5 Å². The standard InChI is InChI=1S/C20H25N5O2/c1-26-18-14-23-19(24-16-6-8-22-20-15(16)5-7-21-20)13-17(18)27-12-4-11-25-9-2-3-10-25/h5-8,13-14H,2-4,9-12H2,1H3,(H2,21,22,23,24). The minimum Gasteiger partial charge on any atom is -0.491 e. The van der Waals surface area contributed by atoms with Crippen LogP contribution in [0.2, 0.25) is 0 Å². The van der Waals surface area contributed by atoms with Crippen molar-refractivity contribution in [1.82, 2.24) is 19.9 Å². The van der Waals surface area contributed by atoms with Crippen LogP contribution in [0.15, 0.2) is 36.8 Å². The van der Waals surface area contributed by atoms with Gasteiger partial charge in [0.05, 0.1) is 25.6 Å². The first kappa shape index (κ1) is 17.6. The van der Waals surface area contributed by atoms with Crippen LogP contribution in [0.1, 0.15) is 19.3 Å². The van der Waals surface area contributed by atoms with Crippen LogP contribution in [0.4, 0.5) is 11.5 Å². The van der Waals surface area contributed by atoms with Crippen molar-refractivity contribution in [3.8, 4) is 11.5 Å². The van der Waals surface area contributed by atoms with Crippen molar-refractivity contribution in [3.05, 3.63) is 36.8 Å². The van der Waals surface area contributed by atoms with Gasteiger partial charge >= 0.3 is 0 Å². The highest BCUT2D eigenvalue weighted by molar-refractivity contribution is 5.90. The molecule has 1 fully saturated rings. The monoisotopic (exact) mass is 367 g/mol. The summed E-state index contributed by atoms with van der Waals surface area (Å²) in [5.41, 5.74) is 1.78. The lowest BCUT2D eigenvalue weighted by molar-refractivity contribution is 0.254. The lowest BCUT2D eigenvalue weighted by Crippen LogP contribution is -2.21. The highest BCUT2D eigenvalue weighted by Crippen LogP contribution is 2.31. The molecule has 0 unspecified atom stereocenters. The number of pyridine rings is 2. The molecule has 142 valence electrons. The molecule has 4 heterocycles. The van der Waals surface area contributed by atoms with Crippen LogP contribution in [0.25, 0.3) is 11.0 Å². The number of H-pyrrole nitrogens is 1. The summed E-state index contributed by atoms with van der Waals surface area (Å²) >= 11 is 0. The van der Waals surface area contributed by atoms with E-state index in [0.29, 0.717) is 23.9 Å². The third-order valence-electron chi connectivity index (χ3n) is 4.85. The summed E-state index contributed by atoms with van der Waals surface area (Å²) in [5, 5.41) is 4.36. The number of aromatic nitrogens is 3. The number of likely N-dealkylation sites (tertiary alicyclic amines) is 1. The SMILES string of the molecule is COc1cnc(Nc2ccnc3[nH]ccc23)cc1OCCCN1CCCC1. The highest BCUT2D eigenvalue weighted by atomic mass is 16.5. The van der Waals surface area contributed by atoms with Gasteiger partial charge in [-0.3, -0.25) is 0 Å². The largest absolute Gasteiger partial charge is 0.491 e. The van der Waals surface area contributed by atoms with Crippen molar-refractivity contribution in [2.75, 3.05) is 38.7 Å². The average molecular weight is 367 g/mol. The molecule has 0 atom stereocenters. The number of hydrogen-bond acceptors (Lipinski definition) is 6. The van der Waals surface area contributed by atoms with Crippen molar-refractivity contribution < 1.29 is 9.47 Å². The number of fused-ring (bicyclic) bond motifs is 1. The normalized spacial score (nSPS) is 14.6. The molecule has 0 aliphatic carbocycles. The predicted octanol–water partition coefficient (Wildman–Crippen LogP) is 3.57. The minimum atomic E-state index is 0.642. The zero-order chi connectivity index (χ0) is 18.5. The molecule has 0 saturated carbocycles. The Bertz CT molecular complexity index is 889. The van der Waals surface area contributed by atoms with E-state index in [1.165, 1.54) is 25.9 Å². The van der Waals surface area contributed by atoms with Gasteiger partial charge < -0.3 is 24.7 Å². The Balaban J connectivity index is 1.43. The van der Waals surface area contributed by atoms with Crippen LogP contribution >= 0.6 is 0 Å². The highest BCUT2D eigenvalue weighted by Gasteiger charge is 2.12. The van der Waals surface area contributed by atoms with Gasteiger partial charge in [-0.15, -0.1) is 0 Å². The van der Waals surface area contributed by atoms with Crippen molar-refractivity contribution in [1.29, 1.82) is 0 Å². The lowest BCUT2D eigenvalue weighted by atomic mass is 10.3. The van der Waals surface area contributed by atoms with E-state index in [4.69, 9.17) is 9.47 Å². The van der Waals surface area contributed by atoms with E-state index in [1.807, 2.05) is 24.4 Å². The smallest absolute Gasteiger partial charge is 0.179 e. The van der Waals surface area contributed by atoms with E-state index in [-0.39, 0.29) is 0 Å². The summed E-state index contributed by atoms with van der Waals surface area (Å²) in [6.45, 7) is 4.17. The molecule has 7 nitrogen and oxygen atoms in total. The second kappa shape index (κ2) is 8.26. The number of nitrogens with one attached hydrogen (secondary N) is 2. The van der Waals surface area contributed by atoms with Crippen molar-refractivity contribution >= 4 is 22.5 Å². The molecular weight excluding hydrogens is 342 g/mol. The lowest BCUT2D eigenvalue weighted by Gasteiger charge is -2.16. The number of nitrogens with zero attached hydrogens (tertiary/aromatic N) is 3. The van der Waals surface area contributed by atoms with Crippen molar-refractivity contribution in [2.45, 2.75) is 19.3 Å². The summed E-state index contributed by atoms with van der Waals surface area (Å²) in [5.74, 6) is 2.05. The van der Waals surface area contributed by atoms with Gasteiger partial charge in [0.25, 0.3) is 0 Å². The minimum absolute atomic E-state index is 0.642. The summed E-state index contributed by atoms with van der Waals surface area (Å²) < 4.78 is 11.4. The number of rotatable bonds is 8. The predicted molar refractivity (Wildman–Crippen MR) is 106 cm³/mol. The van der Waals surface area contributed by atoms with Crippen molar-refractivity contribution in [2.24, 2.45) is 0 Å². The van der Waals surface area contributed by atoms with E-state index < -0.39 is 0 Å². The molecule has 1 aliphatic rings. The van der Waals surface area contributed by atoms with Gasteiger partial charge in [-0.25, -0.2) is 9.97 Å². The van der Waals surface area contributed by atoms with Gasteiger partial charge in [-0.1, -0.05) is 0 Å². The molecule has 0 amide bonds. The number of anilines is 2. The Hall–Kier alpha value is -2.80. The molecule has 7 heteroatoms. The zero-order valence-electron chi connectivity index (χ0n) is 15.6. The van der Waals surface area contributed by atoms with Crippen molar-refractivity contribution in [3.63, 3.8) is 0 Å². The molecule has 4 rings (SSSR count). The van der Waals surface area contributed by atoms with Gasteiger partial charge in [-0.2, -0.15) is 0 Å². The molecule has 0 spiro atoms. The number of hydrogen-bond donors (Lipinski definition) is 2.